The average Bonchev–Trinajstić information content (AvgIpc) is 2.26. The van der Waals surface area contributed by atoms with Gasteiger partial charge in [0.1, 0.15) is 0 Å². The minimum atomic E-state index is -0.179. The Morgan fingerprint density at radius 1 is 1.33 bits per heavy atom. The van der Waals surface area contributed by atoms with Crippen molar-refractivity contribution in [1.29, 1.82) is 0 Å². The van der Waals surface area contributed by atoms with E-state index < -0.39 is 0 Å². The first-order valence-corrected chi connectivity index (χ1v) is 5.29. The molecule has 0 unspecified atom stereocenters. The van der Waals surface area contributed by atoms with Crippen molar-refractivity contribution in [2.24, 2.45) is 16.7 Å². The highest BCUT2D eigenvalue weighted by molar-refractivity contribution is 7.81. The molecule has 2 rings (SSSR count). The van der Waals surface area contributed by atoms with Gasteiger partial charge in [0.2, 0.25) is 0 Å². The van der Waals surface area contributed by atoms with E-state index in [2.05, 4.69) is 33.4 Å². The number of thiol groups is 1. The van der Waals surface area contributed by atoms with E-state index in [0.29, 0.717) is 5.92 Å². The molecule has 1 nitrogen and oxygen atoms in total. The molecule has 0 aromatic carbocycles. The molecule has 12 heavy (non-hydrogen) atoms. The molecule has 0 aromatic rings. The van der Waals surface area contributed by atoms with Crippen molar-refractivity contribution < 1.29 is 5.11 Å². The van der Waals surface area contributed by atoms with Crippen molar-refractivity contribution in [1.82, 2.24) is 0 Å². The Hall–Kier alpha value is 0.310. The van der Waals surface area contributed by atoms with Crippen molar-refractivity contribution in [3.8, 4) is 0 Å². The van der Waals surface area contributed by atoms with E-state index in [1.165, 1.54) is 12.8 Å². The van der Waals surface area contributed by atoms with E-state index in [1.54, 1.807) is 0 Å². The first kappa shape index (κ1) is 8.89. The summed E-state index contributed by atoms with van der Waals surface area (Å²) in [6, 6.07) is 0. The highest BCUT2D eigenvalue weighted by Gasteiger charge is 2.64. The third-order valence-electron chi connectivity index (χ3n) is 4.76. The highest BCUT2D eigenvalue weighted by atomic mass is 32.1. The number of hydrogen-bond donors (Lipinski definition) is 2. The normalized spacial score (nSPS) is 56.2. The molecule has 70 valence electrons. The van der Waals surface area contributed by atoms with Crippen LogP contribution in [0.3, 0.4) is 0 Å². The zero-order valence-corrected chi connectivity index (χ0v) is 8.94. The molecular weight excluding hydrogens is 168 g/mol. The smallest absolute Gasteiger partial charge is 0.0695 e. The molecule has 0 aliphatic heterocycles. The van der Waals surface area contributed by atoms with Gasteiger partial charge < -0.3 is 5.11 Å². The summed E-state index contributed by atoms with van der Waals surface area (Å²) in [5.74, 6) is 0.477. The molecule has 2 aliphatic rings. The van der Waals surface area contributed by atoms with E-state index in [-0.39, 0.29) is 22.2 Å². The second-order valence-electron chi connectivity index (χ2n) is 5.22. The fourth-order valence-corrected chi connectivity index (χ4v) is 3.96. The number of fused-ring (bicyclic) bond motifs is 2. The van der Waals surface area contributed by atoms with Gasteiger partial charge in [-0.25, -0.2) is 0 Å². The van der Waals surface area contributed by atoms with Crippen LogP contribution in [0.4, 0.5) is 0 Å². The van der Waals surface area contributed by atoms with Gasteiger partial charge in [0.15, 0.2) is 0 Å². The predicted octanol–water partition coefficient (Wildman–Crippen LogP) is 2.10. The van der Waals surface area contributed by atoms with Gasteiger partial charge in [-0.3, -0.25) is 0 Å². The lowest BCUT2D eigenvalue weighted by atomic mass is 9.71. The quantitative estimate of drug-likeness (QED) is 0.555. The zero-order valence-electron chi connectivity index (χ0n) is 8.04. The van der Waals surface area contributed by atoms with Crippen LogP contribution in [0.5, 0.6) is 0 Å². The summed E-state index contributed by atoms with van der Waals surface area (Å²) >= 11 is 4.54. The summed E-state index contributed by atoms with van der Waals surface area (Å²) in [6.45, 7) is 6.84. The second kappa shape index (κ2) is 2.21. The van der Waals surface area contributed by atoms with E-state index in [0.717, 1.165) is 0 Å². The molecule has 1 N–H and O–H groups in total. The molecule has 2 fully saturated rings. The van der Waals surface area contributed by atoms with Crippen LogP contribution >= 0.6 is 12.6 Å². The number of hydrogen-bond acceptors (Lipinski definition) is 2. The molecule has 0 saturated heterocycles. The number of aliphatic hydroxyl groups is 1. The van der Waals surface area contributed by atoms with E-state index >= 15 is 0 Å². The van der Waals surface area contributed by atoms with Crippen LogP contribution in [0.15, 0.2) is 0 Å². The first-order valence-electron chi connectivity index (χ1n) is 4.77. The van der Waals surface area contributed by atoms with Gasteiger partial charge in [0, 0.05) is 5.25 Å². The summed E-state index contributed by atoms with van der Waals surface area (Å²) in [6.07, 6.45) is 2.24. The molecule has 2 aliphatic carbocycles. The van der Waals surface area contributed by atoms with Crippen LogP contribution in [0.1, 0.15) is 33.6 Å². The maximum absolute atomic E-state index is 9.91. The Kier molecular flexibility index (Phi) is 1.64. The van der Waals surface area contributed by atoms with Crippen LogP contribution in [-0.2, 0) is 0 Å². The van der Waals surface area contributed by atoms with Crippen LogP contribution in [0.25, 0.3) is 0 Å². The molecular formula is C10H18OS. The fraction of sp³-hybridized carbons (Fsp3) is 1.00. The van der Waals surface area contributed by atoms with Gasteiger partial charge in [-0.2, -0.15) is 12.6 Å². The fourth-order valence-electron chi connectivity index (χ4n) is 3.29. The van der Waals surface area contributed by atoms with Gasteiger partial charge in [-0.05, 0) is 29.6 Å². The van der Waals surface area contributed by atoms with E-state index in [9.17, 15) is 5.11 Å². The summed E-state index contributed by atoms with van der Waals surface area (Å²) < 4.78 is 0. The molecule has 2 heteroatoms. The SMILES string of the molecule is CC1(C)[C@H]2CC[C@@]1(C)[C@H](S)[C@@H]2O. The van der Waals surface area contributed by atoms with Crippen molar-refractivity contribution in [3.05, 3.63) is 0 Å². The molecule has 0 amide bonds. The van der Waals surface area contributed by atoms with Crippen molar-refractivity contribution in [2.45, 2.75) is 45.0 Å². The summed E-state index contributed by atoms with van der Waals surface area (Å²) in [4.78, 5) is 0. The maximum atomic E-state index is 9.91. The molecule has 0 radical (unpaired) electrons. The Morgan fingerprint density at radius 3 is 2.17 bits per heavy atom. The first-order chi connectivity index (χ1) is 5.41. The molecule has 0 aromatic heterocycles. The zero-order chi connectivity index (χ0) is 9.15. The lowest BCUT2D eigenvalue weighted by Gasteiger charge is -2.37. The van der Waals surface area contributed by atoms with E-state index in [1.807, 2.05) is 0 Å². The van der Waals surface area contributed by atoms with Gasteiger partial charge in [0.25, 0.3) is 0 Å². The number of rotatable bonds is 0. The minimum absolute atomic E-state index is 0.179. The second-order valence-corrected chi connectivity index (χ2v) is 5.78. The summed E-state index contributed by atoms with van der Waals surface area (Å²) in [5, 5.41) is 10.1. The monoisotopic (exact) mass is 186 g/mol. The maximum Gasteiger partial charge on any atom is 0.0695 e. The topological polar surface area (TPSA) is 20.2 Å². The molecule has 0 spiro atoms. The molecule has 4 atom stereocenters. The third-order valence-corrected chi connectivity index (χ3v) is 5.64. The standard InChI is InChI=1S/C10H18OS/c1-9(2)6-4-5-10(9,3)8(12)7(6)11/h6-8,11-12H,4-5H2,1-3H3/t6-,7+,8+,10-/m0/s1. The Labute approximate surface area is 80.0 Å². The van der Waals surface area contributed by atoms with Gasteiger partial charge in [0.05, 0.1) is 6.10 Å². The lowest BCUT2D eigenvalue weighted by molar-refractivity contribution is 0.0986. The van der Waals surface area contributed by atoms with Crippen LogP contribution < -0.4 is 0 Å². The lowest BCUT2D eigenvalue weighted by Crippen LogP contribution is -2.35. The van der Waals surface area contributed by atoms with Gasteiger partial charge in [-0.1, -0.05) is 20.8 Å². The largest absolute Gasteiger partial charge is 0.392 e. The van der Waals surface area contributed by atoms with Crippen LogP contribution in [0.2, 0.25) is 0 Å². The summed E-state index contributed by atoms with van der Waals surface area (Å²) in [7, 11) is 0. The Bertz CT molecular complexity index is 214. The van der Waals surface area contributed by atoms with Crippen LogP contribution in [0, 0.1) is 16.7 Å². The molecule has 0 heterocycles. The minimum Gasteiger partial charge on any atom is -0.392 e. The third kappa shape index (κ3) is 0.717. The molecule has 2 bridgehead atoms. The van der Waals surface area contributed by atoms with Gasteiger partial charge in [-0.15, -0.1) is 0 Å². The van der Waals surface area contributed by atoms with Gasteiger partial charge >= 0.3 is 0 Å². The summed E-state index contributed by atoms with van der Waals surface area (Å²) in [5.41, 5.74) is 0.527. The average molecular weight is 186 g/mol. The van der Waals surface area contributed by atoms with Crippen molar-refractivity contribution in [2.75, 3.05) is 0 Å². The highest BCUT2D eigenvalue weighted by Crippen LogP contribution is 2.66. The van der Waals surface area contributed by atoms with Crippen molar-refractivity contribution >= 4 is 12.6 Å². The Morgan fingerprint density at radius 2 is 1.92 bits per heavy atom. The predicted molar refractivity (Wildman–Crippen MR) is 53.4 cm³/mol. The molecule has 2 saturated carbocycles. The number of aliphatic hydroxyl groups excluding tert-OH is 1. The Balaban J connectivity index is 2.44. The van der Waals surface area contributed by atoms with Crippen LogP contribution in [-0.4, -0.2) is 16.5 Å². The van der Waals surface area contributed by atoms with Crippen molar-refractivity contribution in [3.63, 3.8) is 0 Å². The van der Waals surface area contributed by atoms with E-state index in [4.69, 9.17) is 0 Å².